The summed E-state index contributed by atoms with van der Waals surface area (Å²) in [5, 5.41) is 2.85. The molecule has 3 rings (SSSR count). The highest BCUT2D eigenvalue weighted by Crippen LogP contribution is 2.39. The minimum Gasteiger partial charge on any atom is -0.467 e. The summed E-state index contributed by atoms with van der Waals surface area (Å²) in [5.41, 5.74) is 1.36. The number of ether oxygens (including phenoxy) is 1. The first-order valence-electron chi connectivity index (χ1n) is 9.16. The Balaban J connectivity index is 2.25. The van der Waals surface area contributed by atoms with Gasteiger partial charge in [0.05, 0.1) is 7.11 Å². The third-order valence-electron chi connectivity index (χ3n) is 4.86. The van der Waals surface area contributed by atoms with Gasteiger partial charge in [-0.1, -0.05) is 91.0 Å². The number of esters is 1. The van der Waals surface area contributed by atoms with Crippen LogP contribution in [0.2, 0.25) is 0 Å². The third kappa shape index (κ3) is 3.54. The molecule has 0 aliphatic rings. The molecule has 1 N–H and O–H groups in total. The SMILES string of the molecule is COC(=O)[C@@H](C)NC(=O)C(c1ccccc1)(c1ccccc1)c1ccccc1. The summed E-state index contributed by atoms with van der Waals surface area (Å²) in [6, 6.07) is 28.0. The molecule has 0 saturated carbocycles. The smallest absolute Gasteiger partial charge is 0.328 e. The van der Waals surface area contributed by atoms with E-state index < -0.39 is 17.4 Å². The summed E-state index contributed by atoms with van der Waals surface area (Å²) in [5.74, 6) is -0.773. The first kappa shape index (κ1) is 19.4. The second-order valence-electron chi connectivity index (χ2n) is 6.57. The van der Waals surface area contributed by atoms with E-state index in [4.69, 9.17) is 4.74 Å². The molecule has 1 amide bonds. The van der Waals surface area contributed by atoms with Crippen molar-refractivity contribution in [2.75, 3.05) is 7.11 Å². The van der Waals surface area contributed by atoms with Crippen molar-refractivity contribution in [2.45, 2.75) is 18.4 Å². The Bertz CT molecular complexity index is 827. The van der Waals surface area contributed by atoms with E-state index in [1.807, 2.05) is 91.0 Å². The minimum atomic E-state index is -1.11. The normalized spacial score (nSPS) is 12.1. The van der Waals surface area contributed by atoms with Gasteiger partial charge in [-0.05, 0) is 23.6 Å². The van der Waals surface area contributed by atoms with Crippen LogP contribution in [0.1, 0.15) is 23.6 Å². The van der Waals surface area contributed by atoms with E-state index in [2.05, 4.69) is 5.32 Å². The zero-order chi connectivity index (χ0) is 20.0. The van der Waals surface area contributed by atoms with Crippen molar-refractivity contribution >= 4 is 11.9 Å². The monoisotopic (exact) mass is 373 g/mol. The lowest BCUT2D eigenvalue weighted by molar-refractivity contribution is -0.144. The maximum Gasteiger partial charge on any atom is 0.328 e. The predicted molar refractivity (Wildman–Crippen MR) is 109 cm³/mol. The van der Waals surface area contributed by atoms with Gasteiger partial charge in [-0.2, -0.15) is 0 Å². The summed E-state index contributed by atoms with van der Waals surface area (Å²) in [6.07, 6.45) is 0. The molecule has 3 aromatic rings. The van der Waals surface area contributed by atoms with Crippen LogP contribution in [0.3, 0.4) is 0 Å². The number of carbonyl (C=O) groups excluding carboxylic acids is 2. The van der Waals surface area contributed by atoms with Crippen molar-refractivity contribution in [3.05, 3.63) is 108 Å². The maximum absolute atomic E-state index is 13.8. The second-order valence-corrected chi connectivity index (χ2v) is 6.57. The Labute approximate surface area is 165 Å². The molecule has 142 valence electrons. The average Bonchev–Trinajstić information content (AvgIpc) is 2.76. The lowest BCUT2D eigenvalue weighted by atomic mass is 9.68. The molecule has 1 atom stereocenters. The van der Waals surface area contributed by atoms with Crippen molar-refractivity contribution in [3.8, 4) is 0 Å². The summed E-state index contributed by atoms with van der Waals surface area (Å²) < 4.78 is 4.79. The highest BCUT2D eigenvalue weighted by molar-refractivity contribution is 5.98. The highest BCUT2D eigenvalue weighted by atomic mass is 16.5. The van der Waals surface area contributed by atoms with Crippen molar-refractivity contribution in [2.24, 2.45) is 0 Å². The Morgan fingerprint density at radius 3 is 1.43 bits per heavy atom. The largest absolute Gasteiger partial charge is 0.467 e. The fraction of sp³-hybridized carbons (Fsp3) is 0.167. The van der Waals surface area contributed by atoms with Crippen LogP contribution in [-0.2, 0) is 19.7 Å². The molecule has 3 aromatic carbocycles. The van der Waals surface area contributed by atoms with Gasteiger partial charge in [0.15, 0.2) is 0 Å². The van der Waals surface area contributed by atoms with Gasteiger partial charge in [-0.15, -0.1) is 0 Å². The van der Waals surface area contributed by atoms with Crippen LogP contribution >= 0.6 is 0 Å². The second kappa shape index (κ2) is 8.53. The molecular formula is C24H23NO3. The standard InChI is InChI=1S/C24H23NO3/c1-18(22(26)28-2)25-23(27)24(19-12-6-3-7-13-19,20-14-8-4-9-15-20)21-16-10-5-11-17-21/h3-18H,1-2H3,(H,25,27)/t18-/m1/s1. The molecular weight excluding hydrogens is 350 g/mol. The molecule has 0 bridgehead atoms. The van der Waals surface area contributed by atoms with Crippen LogP contribution in [0.15, 0.2) is 91.0 Å². The first-order chi connectivity index (χ1) is 13.6. The number of hydrogen-bond acceptors (Lipinski definition) is 3. The molecule has 0 fully saturated rings. The molecule has 0 aliphatic carbocycles. The number of nitrogens with one attached hydrogen (secondary N) is 1. The number of hydrogen-bond donors (Lipinski definition) is 1. The summed E-state index contributed by atoms with van der Waals surface area (Å²) in [4.78, 5) is 25.7. The van der Waals surface area contributed by atoms with Crippen molar-refractivity contribution in [3.63, 3.8) is 0 Å². The van der Waals surface area contributed by atoms with Crippen molar-refractivity contribution in [1.29, 1.82) is 0 Å². The van der Waals surface area contributed by atoms with Crippen LogP contribution in [-0.4, -0.2) is 25.0 Å². The number of rotatable bonds is 6. The number of carbonyl (C=O) groups is 2. The topological polar surface area (TPSA) is 55.4 Å². The zero-order valence-corrected chi connectivity index (χ0v) is 16.0. The molecule has 4 nitrogen and oxygen atoms in total. The Hall–Kier alpha value is -3.40. The highest BCUT2D eigenvalue weighted by Gasteiger charge is 2.44. The lowest BCUT2D eigenvalue weighted by Crippen LogP contribution is -2.51. The summed E-state index contributed by atoms with van der Waals surface area (Å²) >= 11 is 0. The Morgan fingerprint density at radius 2 is 1.11 bits per heavy atom. The molecule has 0 aromatic heterocycles. The lowest BCUT2D eigenvalue weighted by Gasteiger charge is -2.35. The van der Waals surface area contributed by atoms with Gasteiger partial charge < -0.3 is 10.1 Å². The predicted octanol–water partition coefficient (Wildman–Crippen LogP) is 3.70. The van der Waals surface area contributed by atoms with Crippen molar-refractivity contribution in [1.82, 2.24) is 5.32 Å². The molecule has 0 spiro atoms. The van der Waals surface area contributed by atoms with Crippen LogP contribution in [0.4, 0.5) is 0 Å². The van der Waals surface area contributed by atoms with Gasteiger partial charge in [0, 0.05) is 0 Å². The van der Waals surface area contributed by atoms with E-state index in [0.717, 1.165) is 16.7 Å². The van der Waals surface area contributed by atoms with Crippen molar-refractivity contribution < 1.29 is 14.3 Å². The fourth-order valence-corrected chi connectivity index (χ4v) is 3.50. The minimum absolute atomic E-state index is 0.283. The van der Waals surface area contributed by atoms with Crippen LogP contribution in [0.5, 0.6) is 0 Å². The molecule has 0 radical (unpaired) electrons. The van der Waals surface area contributed by atoms with Gasteiger partial charge in [0.25, 0.3) is 0 Å². The van der Waals surface area contributed by atoms with E-state index in [1.54, 1.807) is 6.92 Å². The molecule has 4 heteroatoms. The zero-order valence-electron chi connectivity index (χ0n) is 16.0. The molecule has 28 heavy (non-hydrogen) atoms. The number of amides is 1. The summed E-state index contributed by atoms with van der Waals surface area (Å²) in [6.45, 7) is 1.62. The van der Waals surface area contributed by atoms with E-state index in [1.165, 1.54) is 7.11 Å². The van der Waals surface area contributed by atoms with Gasteiger partial charge in [-0.3, -0.25) is 4.79 Å². The van der Waals surface area contributed by atoms with E-state index in [0.29, 0.717) is 0 Å². The van der Waals surface area contributed by atoms with E-state index in [-0.39, 0.29) is 5.91 Å². The number of benzene rings is 3. The molecule has 0 aliphatic heterocycles. The first-order valence-corrected chi connectivity index (χ1v) is 9.16. The van der Waals surface area contributed by atoms with Crippen LogP contribution < -0.4 is 5.32 Å². The summed E-state index contributed by atoms with van der Waals surface area (Å²) in [7, 11) is 1.31. The van der Waals surface area contributed by atoms with Gasteiger partial charge in [0.1, 0.15) is 11.5 Å². The molecule has 0 saturated heterocycles. The molecule has 0 unspecified atom stereocenters. The quantitative estimate of drug-likeness (QED) is 0.529. The van der Waals surface area contributed by atoms with Gasteiger partial charge in [-0.25, -0.2) is 4.79 Å². The maximum atomic E-state index is 13.8. The third-order valence-corrected chi connectivity index (χ3v) is 4.86. The van der Waals surface area contributed by atoms with E-state index in [9.17, 15) is 9.59 Å². The van der Waals surface area contributed by atoms with E-state index >= 15 is 0 Å². The average molecular weight is 373 g/mol. The Morgan fingerprint density at radius 1 is 0.750 bits per heavy atom. The van der Waals surface area contributed by atoms with Gasteiger partial charge >= 0.3 is 5.97 Å². The Kier molecular flexibility index (Phi) is 5.90. The fourth-order valence-electron chi connectivity index (χ4n) is 3.50. The number of methoxy groups -OCH3 is 1. The van der Waals surface area contributed by atoms with Gasteiger partial charge in [0.2, 0.25) is 5.91 Å². The van der Waals surface area contributed by atoms with Crippen LogP contribution in [0.25, 0.3) is 0 Å². The van der Waals surface area contributed by atoms with Crippen LogP contribution in [0, 0.1) is 0 Å². The molecule has 0 heterocycles.